The molecule has 1 fully saturated rings. The second-order valence-corrected chi connectivity index (χ2v) is 8.20. The molecule has 0 spiro atoms. The van der Waals surface area contributed by atoms with Gasteiger partial charge in [0.1, 0.15) is 5.82 Å². The minimum absolute atomic E-state index is 0.153. The van der Waals surface area contributed by atoms with Crippen molar-refractivity contribution in [2.24, 2.45) is 11.3 Å². The first kappa shape index (κ1) is 16.8. The Hall–Kier alpha value is -1.61. The molecule has 1 aromatic heterocycles. The molecule has 1 aliphatic carbocycles. The molecule has 2 aliphatic heterocycles. The highest BCUT2D eigenvalue weighted by molar-refractivity contribution is 5.83. The van der Waals surface area contributed by atoms with Crippen LogP contribution in [0.4, 0.5) is 4.39 Å². The average molecular weight is 340 g/mol. The summed E-state index contributed by atoms with van der Waals surface area (Å²) < 4.78 is 13.6. The Morgan fingerprint density at radius 1 is 1.32 bits per heavy atom. The van der Waals surface area contributed by atoms with E-state index in [-0.39, 0.29) is 5.82 Å². The van der Waals surface area contributed by atoms with Crippen LogP contribution < -0.4 is 0 Å². The fourth-order valence-electron chi connectivity index (χ4n) is 5.09. The summed E-state index contributed by atoms with van der Waals surface area (Å²) in [6.45, 7) is 9.33. The number of benzene rings is 1. The van der Waals surface area contributed by atoms with Crippen molar-refractivity contribution in [2.75, 3.05) is 13.1 Å². The van der Waals surface area contributed by atoms with Crippen molar-refractivity contribution in [1.29, 1.82) is 0 Å². The zero-order chi connectivity index (χ0) is 17.6. The van der Waals surface area contributed by atoms with Gasteiger partial charge in [-0.05, 0) is 60.8 Å². The van der Waals surface area contributed by atoms with Gasteiger partial charge in [0.25, 0.3) is 0 Å². The summed E-state index contributed by atoms with van der Waals surface area (Å²) in [6, 6.07) is 5.58. The molecule has 134 valence electrons. The molecular weight excluding hydrogens is 311 g/mol. The van der Waals surface area contributed by atoms with Crippen molar-refractivity contribution < 1.29 is 4.39 Å². The zero-order valence-electron chi connectivity index (χ0n) is 15.6. The van der Waals surface area contributed by atoms with Gasteiger partial charge >= 0.3 is 0 Å². The Kier molecular flexibility index (Phi) is 4.23. The predicted molar refractivity (Wildman–Crippen MR) is 102 cm³/mol. The van der Waals surface area contributed by atoms with E-state index in [4.69, 9.17) is 0 Å². The molecule has 0 radical (unpaired) electrons. The number of hydrogen-bond donors (Lipinski definition) is 1. The Morgan fingerprint density at radius 2 is 2.16 bits per heavy atom. The SMILES string of the molecule is CCC1=CC2N(CCc3c[nH]c4ccc(F)cc34)CC1CC2(C)CC. The van der Waals surface area contributed by atoms with Crippen molar-refractivity contribution >= 4 is 10.9 Å². The smallest absolute Gasteiger partial charge is 0.123 e. The molecule has 5 rings (SSSR count). The third-order valence-corrected chi connectivity index (χ3v) is 6.79. The van der Waals surface area contributed by atoms with Gasteiger partial charge in [-0.25, -0.2) is 4.39 Å². The molecule has 2 nitrogen and oxygen atoms in total. The molecule has 3 heterocycles. The molecule has 3 atom stereocenters. The first-order chi connectivity index (χ1) is 12.0. The Bertz CT molecular complexity index is 805. The van der Waals surface area contributed by atoms with E-state index in [1.54, 1.807) is 11.6 Å². The maximum absolute atomic E-state index is 13.6. The molecule has 1 N–H and O–H groups in total. The Balaban J connectivity index is 1.55. The van der Waals surface area contributed by atoms with E-state index in [9.17, 15) is 4.39 Å². The number of fused-ring (bicyclic) bond motifs is 3. The minimum atomic E-state index is -0.153. The van der Waals surface area contributed by atoms with Crippen LogP contribution in [0.5, 0.6) is 0 Å². The van der Waals surface area contributed by atoms with E-state index in [2.05, 4.69) is 42.9 Å². The van der Waals surface area contributed by atoms with Crippen LogP contribution in [0.3, 0.4) is 0 Å². The van der Waals surface area contributed by atoms with Crippen LogP contribution in [-0.2, 0) is 6.42 Å². The van der Waals surface area contributed by atoms with Crippen molar-refractivity contribution in [1.82, 2.24) is 9.88 Å². The number of hydrogen-bond acceptors (Lipinski definition) is 1. The van der Waals surface area contributed by atoms with E-state index < -0.39 is 0 Å². The van der Waals surface area contributed by atoms with Gasteiger partial charge in [-0.15, -0.1) is 0 Å². The second-order valence-electron chi connectivity index (χ2n) is 8.20. The molecule has 1 aromatic carbocycles. The number of aromatic nitrogens is 1. The van der Waals surface area contributed by atoms with Crippen molar-refractivity contribution in [3.63, 3.8) is 0 Å². The fourth-order valence-corrected chi connectivity index (χ4v) is 5.09. The molecule has 2 aromatic rings. The Labute approximate surface area is 150 Å². The third-order valence-electron chi connectivity index (χ3n) is 6.79. The number of nitrogens with one attached hydrogen (secondary N) is 1. The highest BCUT2D eigenvalue weighted by atomic mass is 19.1. The van der Waals surface area contributed by atoms with Crippen LogP contribution in [0.1, 0.15) is 45.6 Å². The topological polar surface area (TPSA) is 19.0 Å². The first-order valence-electron chi connectivity index (χ1n) is 9.74. The van der Waals surface area contributed by atoms with E-state index in [1.807, 2.05) is 6.07 Å². The number of halogens is 1. The minimum Gasteiger partial charge on any atom is -0.361 e. The van der Waals surface area contributed by atoms with Gasteiger partial charge in [0.15, 0.2) is 0 Å². The van der Waals surface area contributed by atoms with Crippen LogP contribution in [0.25, 0.3) is 10.9 Å². The lowest BCUT2D eigenvalue weighted by atomic mass is 9.62. The van der Waals surface area contributed by atoms with Gasteiger partial charge in [-0.3, -0.25) is 4.90 Å². The molecule has 2 bridgehead atoms. The standard InChI is InChI=1S/C22H29FN2/c1-4-15-10-21-22(3,5-2)12-17(15)14-25(21)9-8-16-13-24-20-7-6-18(23)11-19(16)20/h6-7,10-11,13,17,21,24H,4-5,8-9,12,14H2,1-3H3. The van der Waals surface area contributed by atoms with Crippen molar-refractivity contribution in [2.45, 2.75) is 52.5 Å². The molecular formula is C22H29FN2. The first-order valence-corrected chi connectivity index (χ1v) is 9.74. The predicted octanol–water partition coefficient (Wildman–Crippen LogP) is 5.31. The molecule has 0 saturated carbocycles. The van der Waals surface area contributed by atoms with Crippen molar-refractivity contribution in [3.8, 4) is 0 Å². The lowest BCUT2D eigenvalue weighted by Crippen LogP contribution is -2.57. The van der Waals surface area contributed by atoms with E-state index >= 15 is 0 Å². The van der Waals surface area contributed by atoms with E-state index in [0.29, 0.717) is 11.5 Å². The summed E-state index contributed by atoms with van der Waals surface area (Å²) in [4.78, 5) is 5.96. The van der Waals surface area contributed by atoms with Crippen molar-refractivity contribution in [3.05, 3.63) is 47.4 Å². The molecule has 1 saturated heterocycles. The van der Waals surface area contributed by atoms with Gasteiger partial charge < -0.3 is 4.98 Å². The van der Waals surface area contributed by atoms with Gasteiger partial charge in [0.05, 0.1) is 0 Å². The van der Waals surface area contributed by atoms with Crippen LogP contribution in [-0.4, -0.2) is 29.0 Å². The Morgan fingerprint density at radius 3 is 2.88 bits per heavy atom. The normalized spacial score (nSPS) is 29.4. The average Bonchev–Trinajstić information content (AvgIpc) is 3.02. The lowest BCUT2D eigenvalue weighted by Gasteiger charge is -2.55. The second kappa shape index (κ2) is 6.28. The van der Waals surface area contributed by atoms with Crippen LogP contribution in [0.15, 0.2) is 36.0 Å². The quantitative estimate of drug-likeness (QED) is 0.731. The molecule has 3 unspecified atom stereocenters. The number of rotatable bonds is 5. The zero-order valence-corrected chi connectivity index (χ0v) is 15.6. The molecule has 3 aliphatic rings. The molecule has 25 heavy (non-hydrogen) atoms. The van der Waals surface area contributed by atoms with E-state index in [0.717, 1.165) is 29.8 Å². The highest BCUT2D eigenvalue weighted by Crippen LogP contribution is 2.48. The summed E-state index contributed by atoms with van der Waals surface area (Å²) >= 11 is 0. The monoisotopic (exact) mass is 340 g/mol. The largest absolute Gasteiger partial charge is 0.361 e. The van der Waals surface area contributed by atoms with Gasteiger partial charge in [0.2, 0.25) is 0 Å². The summed E-state index contributed by atoms with van der Waals surface area (Å²) in [6.07, 6.45) is 9.35. The van der Waals surface area contributed by atoms with Gasteiger partial charge in [-0.1, -0.05) is 32.4 Å². The maximum Gasteiger partial charge on any atom is 0.123 e. The number of piperidine rings is 1. The maximum atomic E-state index is 13.6. The summed E-state index contributed by atoms with van der Waals surface area (Å²) in [5.74, 6) is 0.569. The highest BCUT2D eigenvalue weighted by Gasteiger charge is 2.46. The van der Waals surface area contributed by atoms with Gasteiger partial charge in [0, 0.05) is 36.2 Å². The lowest BCUT2D eigenvalue weighted by molar-refractivity contribution is 0.0102. The summed E-state index contributed by atoms with van der Waals surface area (Å²) in [5, 5.41) is 1.03. The fraction of sp³-hybridized carbons (Fsp3) is 0.545. The summed E-state index contributed by atoms with van der Waals surface area (Å²) in [7, 11) is 0. The van der Waals surface area contributed by atoms with Crippen LogP contribution in [0, 0.1) is 17.2 Å². The van der Waals surface area contributed by atoms with Crippen LogP contribution in [0.2, 0.25) is 0 Å². The summed E-state index contributed by atoms with van der Waals surface area (Å²) in [5.41, 5.74) is 4.33. The van der Waals surface area contributed by atoms with E-state index in [1.165, 1.54) is 37.4 Å². The number of nitrogens with zero attached hydrogens (tertiary/aromatic N) is 1. The molecule has 3 heteroatoms. The van der Waals surface area contributed by atoms with Crippen LogP contribution >= 0.6 is 0 Å². The third kappa shape index (κ3) is 2.83. The number of aromatic amines is 1. The molecule has 0 amide bonds. The van der Waals surface area contributed by atoms with Gasteiger partial charge in [-0.2, -0.15) is 0 Å². The number of H-pyrrole nitrogens is 1.